The van der Waals surface area contributed by atoms with Gasteiger partial charge < -0.3 is 0 Å². The quantitative estimate of drug-likeness (QED) is 0.344. The van der Waals surface area contributed by atoms with E-state index in [-0.39, 0.29) is 23.1 Å². The van der Waals surface area contributed by atoms with E-state index in [4.69, 9.17) is 9.11 Å². The van der Waals surface area contributed by atoms with Gasteiger partial charge in [-0.05, 0) is 48.6 Å². The first-order valence-electron chi connectivity index (χ1n) is 6.49. The van der Waals surface area contributed by atoms with Crippen molar-refractivity contribution in [3.63, 3.8) is 0 Å². The molecule has 0 amide bonds. The van der Waals surface area contributed by atoms with Crippen molar-refractivity contribution in [2.24, 2.45) is 0 Å². The molecule has 29 heavy (non-hydrogen) atoms. The number of hydrogen-bond donors (Lipinski definition) is 2. The van der Waals surface area contributed by atoms with E-state index >= 15 is 0 Å². The molecule has 160 valence electrons. The summed E-state index contributed by atoms with van der Waals surface area (Å²) in [6.07, 6.45) is 10.0. The van der Waals surface area contributed by atoms with Crippen LogP contribution in [0.4, 0.5) is 0 Å². The standard InChI is InChI=1S/2C6H4O2.H2O10S3/c2*7-5-1-2-6(8)4-3-5;1-11(2,3)9-13(7,8)10-12(4,5)6/h2*1-4H;(H,1,2,3)(H,4,5,6). The topological polar surface area (TPSA) is 230 Å². The molecule has 0 atom stereocenters. The molecule has 0 saturated heterocycles. The van der Waals surface area contributed by atoms with Crippen LogP contribution in [0.1, 0.15) is 0 Å². The lowest BCUT2D eigenvalue weighted by atomic mass is 10.2. The molecule has 2 N–H and O–H groups in total. The van der Waals surface area contributed by atoms with Gasteiger partial charge in [-0.2, -0.15) is 25.3 Å². The van der Waals surface area contributed by atoms with Crippen LogP contribution >= 0.6 is 0 Å². The maximum atomic E-state index is 10.3. The fraction of sp³-hybridized carbons (Fsp3) is 0. The fourth-order valence-electron chi connectivity index (χ4n) is 1.10. The van der Waals surface area contributed by atoms with Crippen molar-refractivity contribution in [1.82, 2.24) is 0 Å². The van der Waals surface area contributed by atoms with Crippen LogP contribution in [-0.4, -0.2) is 57.5 Å². The summed E-state index contributed by atoms with van der Waals surface area (Å²) in [5.41, 5.74) is 0. The molecule has 0 aromatic heterocycles. The number of rotatable bonds is 4. The van der Waals surface area contributed by atoms with Crippen LogP contribution in [0.15, 0.2) is 48.6 Å². The Bertz CT molecular complexity index is 954. The molecule has 0 aliphatic heterocycles. The van der Waals surface area contributed by atoms with E-state index in [0.717, 1.165) is 0 Å². The first kappa shape index (κ1) is 26.3. The van der Waals surface area contributed by atoms with E-state index in [2.05, 4.69) is 7.26 Å². The van der Waals surface area contributed by atoms with Crippen molar-refractivity contribution in [3.05, 3.63) is 48.6 Å². The van der Waals surface area contributed by atoms with Crippen molar-refractivity contribution in [2.45, 2.75) is 0 Å². The Labute approximate surface area is 164 Å². The molecule has 14 nitrogen and oxygen atoms in total. The van der Waals surface area contributed by atoms with Gasteiger partial charge in [0.1, 0.15) is 0 Å². The van der Waals surface area contributed by atoms with E-state index in [1.54, 1.807) is 0 Å². The Morgan fingerprint density at radius 2 is 0.655 bits per heavy atom. The van der Waals surface area contributed by atoms with Crippen molar-refractivity contribution in [3.8, 4) is 0 Å². The zero-order valence-corrected chi connectivity index (χ0v) is 16.1. The minimum Gasteiger partial charge on any atom is -0.290 e. The lowest BCUT2D eigenvalue weighted by molar-refractivity contribution is -0.113. The number of hydrogen-bond acceptors (Lipinski definition) is 12. The highest BCUT2D eigenvalue weighted by Gasteiger charge is 2.27. The van der Waals surface area contributed by atoms with Crippen LogP contribution in [0.3, 0.4) is 0 Å². The van der Waals surface area contributed by atoms with E-state index in [0.29, 0.717) is 0 Å². The minimum absolute atomic E-state index is 0.121. The van der Waals surface area contributed by atoms with E-state index in [9.17, 15) is 44.4 Å². The van der Waals surface area contributed by atoms with Crippen LogP contribution in [0.2, 0.25) is 0 Å². The molecule has 0 saturated carbocycles. The van der Waals surface area contributed by atoms with Gasteiger partial charge in [-0.3, -0.25) is 28.3 Å². The zero-order chi connectivity index (χ0) is 22.9. The summed E-state index contributed by atoms with van der Waals surface area (Å²) in [5.74, 6) is -0.483. The van der Waals surface area contributed by atoms with Gasteiger partial charge in [-0.25, -0.2) is 0 Å². The van der Waals surface area contributed by atoms with Gasteiger partial charge in [-0.15, -0.1) is 0 Å². The largest absolute Gasteiger partial charge is 0.432 e. The van der Waals surface area contributed by atoms with E-state index in [1.165, 1.54) is 48.6 Å². The smallest absolute Gasteiger partial charge is 0.290 e. The van der Waals surface area contributed by atoms with Crippen LogP contribution in [-0.2, 0) is 57.6 Å². The van der Waals surface area contributed by atoms with Gasteiger partial charge in [0.2, 0.25) is 0 Å². The summed E-state index contributed by atoms with van der Waals surface area (Å²) in [6, 6.07) is 0. The highest BCUT2D eigenvalue weighted by molar-refractivity contribution is 8.00. The summed E-state index contributed by atoms with van der Waals surface area (Å²) in [7, 11) is -16.5. The van der Waals surface area contributed by atoms with E-state index < -0.39 is 31.2 Å². The molecule has 17 heteroatoms. The summed E-state index contributed by atoms with van der Waals surface area (Å²) >= 11 is 0. The molecule has 0 bridgehead atoms. The maximum Gasteiger partial charge on any atom is 0.432 e. The molecule has 2 aliphatic carbocycles. The van der Waals surface area contributed by atoms with Gasteiger partial charge in [0.25, 0.3) is 0 Å². The highest BCUT2D eigenvalue weighted by atomic mass is 32.3. The van der Waals surface area contributed by atoms with Gasteiger partial charge in [0.15, 0.2) is 23.1 Å². The number of allylic oxidation sites excluding steroid dienone is 8. The molecule has 0 aromatic rings. The summed E-state index contributed by atoms with van der Waals surface area (Å²) in [4.78, 5) is 41.1. The van der Waals surface area contributed by atoms with Gasteiger partial charge in [-0.1, -0.05) is 7.26 Å². The third-order valence-electron chi connectivity index (χ3n) is 1.99. The van der Waals surface area contributed by atoms with Crippen molar-refractivity contribution in [1.29, 1.82) is 0 Å². The molecule has 0 radical (unpaired) electrons. The fourth-order valence-corrected chi connectivity index (χ4v) is 3.08. The monoisotopic (exact) mass is 474 g/mol. The van der Waals surface area contributed by atoms with Crippen molar-refractivity contribution < 1.29 is 60.8 Å². The average Bonchev–Trinajstić information content (AvgIpc) is 2.49. The minimum atomic E-state index is -5.57. The Morgan fingerprint density at radius 3 is 0.793 bits per heavy atom. The summed E-state index contributed by atoms with van der Waals surface area (Å²) in [5, 5.41) is 0. The predicted molar refractivity (Wildman–Crippen MR) is 90.8 cm³/mol. The zero-order valence-electron chi connectivity index (χ0n) is 13.6. The molecule has 2 aliphatic rings. The molecule has 0 spiro atoms. The van der Waals surface area contributed by atoms with Crippen molar-refractivity contribution in [2.75, 3.05) is 0 Å². The van der Waals surface area contributed by atoms with Gasteiger partial charge >= 0.3 is 31.2 Å². The lowest BCUT2D eigenvalue weighted by Gasteiger charge is -1.97. The second-order valence-corrected chi connectivity index (χ2v) is 7.96. The first-order chi connectivity index (χ1) is 13.0. The Hall–Kier alpha value is -2.67. The Morgan fingerprint density at radius 1 is 0.483 bits per heavy atom. The molecular formula is C12H10O14S3. The Balaban J connectivity index is 0.000000423. The molecule has 0 fully saturated rings. The number of carbonyl (C=O) groups is 4. The molecule has 0 unspecified atom stereocenters. The second-order valence-electron chi connectivity index (χ2n) is 4.34. The third kappa shape index (κ3) is 16.0. The molecule has 0 heterocycles. The summed E-state index contributed by atoms with van der Waals surface area (Å²) < 4.78 is 80.2. The highest BCUT2D eigenvalue weighted by Crippen LogP contribution is 2.03. The predicted octanol–water partition coefficient (Wildman–Crippen LogP) is -1.63. The SMILES string of the molecule is O=C1C=CC(=O)C=C1.O=C1C=CC(=O)C=C1.O=S(=O)(O)OS(=O)(=O)OS(=O)(=O)O. The molecule has 0 aromatic carbocycles. The average molecular weight is 474 g/mol. The van der Waals surface area contributed by atoms with Gasteiger partial charge in [0, 0.05) is 0 Å². The van der Waals surface area contributed by atoms with Crippen LogP contribution < -0.4 is 0 Å². The van der Waals surface area contributed by atoms with Crippen LogP contribution in [0.25, 0.3) is 0 Å². The summed E-state index contributed by atoms with van der Waals surface area (Å²) in [6.45, 7) is 0. The maximum absolute atomic E-state index is 10.3. The van der Waals surface area contributed by atoms with Gasteiger partial charge in [0.05, 0.1) is 0 Å². The van der Waals surface area contributed by atoms with Crippen molar-refractivity contribution >= 4 is 54.3 Å². The normalized spacial score (nSPS) is 16.1. The molecular weight excluding hydrogens is 464 g/mol. The number of carbonyl (C=O) groups excluding carboxylic acids is 4. The van der Waals surface area contributed by atoms with Crippen LogP contribution in [0, 0.1) is 0 Å². The third-order valence-corrected chi connectivity index (χ3v) is 4.70. The second kappa shape index (κ2) is 10.8. The number of ketones is 4. The van der Waals surface area contributed by atoms with Crippen LogP contribution in [0.5, 0.6) is 0 Å². The first-order valence-corrected chi connectivity index (χ1v) is 10.6. The lowest BCUT2D eigenvalue weighted by Crippen LogP contribution is -2.18. The molecule has 2 rings (SSSR count). The van der Waals surface area contributed by atoms with E-state index in [1.807, 2.05) is 0 Å². The Kier molecular flexibility index (Phi) is 9.77.